The van der Waals surface area contributed by atoms with E-state index in [9.17, 15) is 8.42 Å². The Labute approximate surface area is 128 Å². The Morgan fingerprint density at radius 1 is 1.50 bits per heavy atom. The maximum atomic E-state index is 12.4. The molecule has 1 heterocycles. The van der Waals surface area contributed by atoms with E-state index in [4.69, 9.17) is 10.5 Å². The van der Waals surface area contributed by atoms with Crippen LogP contribution in [-0.2, 0) is 21.3 Å². The number of rotatable bonds is 5. The van der Waals surface area contributed by atoms with E-state index in [-0.39, 0.29) is 11.0 Å². The zero-order valence-corrected chi connectivity index (χ0v) is 13.8. The Kier molecular flexibility index (Phi) is 5.19. The number of ether oxygens (including phenoxy) is 1. The fourth-order valence-electron chi connectivity index (χ4n) is 2.19. The molecule has 1 fully saturated rings. The molecule has 0 saturated carbocycles. The van der Waals surface area contributed by atoms with E-state index in [2.05, 4.69) is 20.7 Å². The highest BCUT2D eigenvalue weighted by Crippen LogP contribution is 2.25. The number of benzene rings is 1. The quantitative estimate of drug-likeness (QED) is 0.834. The molecule has 3 N–H and O–H groups in total. The fourth-order valence-corrected chi connectivity index (χ4v) is 4.21. The molecule has 1 unspecified atom stereocenters. The number of nitrogens with one attached hydrogen (secondary N) is 1. The van der Waals surface area contributed by atoms with Gasteiger partial charge in [-0.3, -0.25) is 0 Å². The minimum atomic E-state index is -3.55. The summed E-state index contributed by atoms with van der Waals surface area (Å²) in [7, 11) is -3.55. The van der Waals surface area contributed by atoms with Crippen LogP contribution in [0.5, 0.6) is 0 Å². The van der Waals surface area contributed by atoms with Crippen molar-refractivity contribution < 1.29 is 13.2 Å². The zero-order valence-electron chi connectivity index (χ0n) is 11.4. The van der Waals surface area contributed by atoms with Crippen molar-refractivity contribution in [3.8, 4) is 0 Å². The van der Waals surface area contributed by atoms with Gasteiger partial charge in [-0.1, -0.05) is 15.9 Å². The van der Waals surface area contributed by atoms with Crippen LogP contribution in [0.25, 0.3) is 0 Å². The second-order valence-electron chi connectivity index (χ2n) is 4.89. The summed E-state index contributed by atoms with van der Waals surface area (Å²) in [6.45, 7) is 3.09. The highest BCUT2D eigenvalue weighted by Gasteiger charge is 2.22. The minimum Gasteiger partial charge on any atom is -0.377 e. The SMILES string of the molecule is Cc1c(Br)cc(CN)cc1S(=O)(=O)NCC1CCCO1. The minimum absolute atomic E-state index is 0.0220. The first-order valence-corrected chi connectivity index (χ1v) is 8.82. The molecule has 0 amide bonds. The van der Waals surface area contributed by atoms with Crippen LogP contribution in [0.2, 0.25) is 0 Å². The molecular weight excluding hydrogens is 344 g/mol. The molecule has 0 aliphatic carbocycles. The number of sulfonamides is 1. The molecular formula is C13H19BrN2O3S. The number of nitrogens with two attached hydrogens (primary N) is 1. The Hall–Kier alpha value is -0.470. The second-order valence-corrected chi connectivity index (χ2v) is 7.48. The smallest absolute Gasteiger partial charge is 0.240 e. The number of hydrogen-bond acceptors (Lipinski definition) is 4. The Bertz CT molecular complexity index is 584. The molecule has 1 aliphatic heterocycles. The van der Waals surface area contributed by atoms with Crippen LogP contribution in [0.3, 0.4) is 0 Å². The average molecular weight is 363 g/mol. The molecule has 1 saturated heterocycles. The number of halogens is 1. The summed E-state index contributed by atoms with van der Waals surface area (Å²) < 4.78 is 33.6. The summed E-state index contributed by atoms with van der Waals surface area (Å²) in [4.78, 5) is 0.269. The van der Waals surface area contributed by atoms with E-state index in [0.717, 1.165) is 22.9 Å². The Balaban J connectivity index is 2.21. The van der Waals surface area contributed by atoms with Crippen LogP contribution in [0.4, 0.5) is 0 Å². The van der Waals surface area contributed by atoms with Gasteiger partial charge >= 0.3 is 0 Å². The molecule has 1 aliphatic rings. The van der Waals surface area contributed by atoms with Gasteiger partial charge in [0.05, 0.1) is 11.0 Å². The number of hydrogen-bond donors (Lipinski definition) is 2. The van der Waals surface area contributed by atoms with E-state index in [1.54, 1.807) is 13.0 Å². The van der Waals surface area contributed by atoms with Gasteiger partial charge in [0.2, 0.25) is 10.0 Å². The molecule has 2 rings (SSSR count). The molecule has 20 heavy (non-hydrogen) atoms. The summed E-state index contributed by atoms with van der Waals surface area (Å²) in [5.74, 6) is 0. The summed E-state index contributed by atoms with van der Waals surface area (Å²) >= 11 is 3.38. The lowest BCUT2D eigenvalue weighted by atomic mass is 10.1. The van der Waals surface area contributed by atoms with Gasteiger partial charge < -0.3 is 10.5 Å². The summed E-state index contributed by atoms with van der Waals surface area (Å²) in [6, 6.07) is 3.46. The van der Waals surface area contributed by atoms with Crippen LogP contribution < -0.4 is 10.5 Å². The second kappa shape index (κ2) is 6.53. The topological polar surface area (TPSA) is 81.4 Å². The zero-order chi connectivity index (χ0) is 14.8. The molecule has 0 spiro atoms. The van der Waals surface area contributed by atoms with E-state index in [1.165, 1.54) is 0 Å². The van der Waals surface area contributed by atoms with Crippen molar-refractivity contribution in [1.29, 1.82) is 0 Å². The van der Waals surface area contributed by atoms with Gasteiger partial charge in [0.1, 0.15) is 0 Å². The first-order valence-electron chi connectivity index (χ1n) is 6.54. The van der Waals surface area contributed by atoms with Gasteiger partial charge in [0.15, 0.2) is 0 Å². The summed E-state index contributed by atoms with van der Waals surface area (Å²) in [5, 5.41) is 0. The van der Waals surface area contributed by atoms with Crippen molar-refractivity contribution in [2.75, 3.05) is 13.2 Å². The maximum absolute atomic E-state index is 12.4. The van der Waals surface area contributed by atoms with Crippen molar-refractivity contribution >= 4 is 26.0 Å². The third kappa shape index (κ3) is 3.59. The average Bonchev–Trinajstić information content (AvgIpc) is 2.92. The first kappa shape index (κ1) is 15.9. The van der Waals surface area contributed by atoms with Crippen molar-refractivity contribution in [2.24, 2.45) is 5.73 Å². The van der Waals surface area contributed by atoms with Crippen LogP contribution in [0.1, 0.15) is 24.0 Å². The van der Waals surface area contributed by atoms with Crippen molar-refractivity contribution in [3.63, 3.8) is 0 Å². The maximum Gasteiger partial charge on any atom is 0.240 e. The monoisotopic (exact) mass is 362 g/mol. The molecule has 1 atom stereocenters. The van der Waals surface area contributed by atoms with Crippen molar-refractivity contribution in [1.82, 2.24) is 4.72 Å². The van der Waals surface area contributed by atoms with Gasteiger partial charge in [0, 0.05) is 24.2 Å². The van der Waals surface area contributed by atoms with Crippen molar-refractivity contribution in [3.05, 3.63) is 27.7 Å². The first-order chi connectivity index (χ1) is 9.44. The van der Waals surface area contributed by atoms with Crippen LogP contribution in [-0.4, -0.2) is 27.7 Å². The fraction of sp³-hybridized carbons (Fsp3) is 0.538. The van der Waals surface area contributed by atoms with Gasteiger partial charge in [-0.05, 0) is 43.0 Å². The van der Waals surface area contributed by atoms with Crippen LogP contribution >= 0.6 is 15.9 Å². The largest absolute Gasteiger partial charge is 0.377 e. The molecule has 0 bridgehead atoms. The third-order valence-electron chi connectivity index (χ3n) is 3.41. The van der Waals surface area contributed by atoms with Gasteiger partial charge in [-0.15, -0.1) is 0 Å². The lowest BCUT2D eigenvalue weighted by Gasteiger charge is -2.14. The third-order valence-corrected chi connectivity index (χ3v) is 5.78. The standard InChI is InChI=1S/C13H19BrN2O3S/c1-9-12(14)5-10(7-15)6-13(9)20(17,18)16-8-11-3-2-4-19-11/h5-6,11,16H,2-4,7-8,15H2,1H3. The Morgan fingerprint density at radius 3 is 2.85 bits per heavy atom. The van der Waals surface area contributed by atoms with Gasteiger partial charge in [-0.2, -0.15) is 0 Å². The van der Waals surface area contributed by atoms with Gasteiger partial charge in [0.25, 0.3) is 0 Å². The lowest BCUT2D eigenvalue weighted by Crippen LogP contribution is -2.32. The van der Waals surface area contributed by atoms with Crippen LogP contribution in [0, 0.1) is 6.92 Å². The van der Waals surface area contributed by atoms with E-state index in [0.29, 0.717) is 25.3 Å². The van der Waals surface area contributed by atoms with Gasteiger partial charge in [-0.25, -0.2) is 13.1 Å². The highest BCUT2D eigenvalue weighted by molar-refractivity contribution is 9.10. The molecule has 1 aromatic carbocycles. The predicted molar refractivity (Wildman–Crippen MR) is 80.9 cm³/mol. The molecule has 1 aromatic rings. The molecule has 0 radical (unpaired) electrons. The lowest BCUT2D eigenvalue weighted by molar-refractivity contribution is 0.114. The normalized spacial score (nSPS) is 19.4. The van der Waals surface area contributed by atoms with Crippen molar-refractivity contribution in [2.45, 2.75) is 37.3 Å². The molecule has 7 heteroatoms. The van der Waals surface area contributed by atoms with E-state index >= 15 is 0 Å². The Morgan fingerprint density at radius 2 is 2.25 bits per heavy atom. The molecule has 5 nitrogen and oxygen atoms in total. The molecule has 0 aromatic heterocycles. The predicted octanol–water partition coefficient (Wildman–Crippen LogP) is 1.67. The van der Waals surface area contributed by atoms with E-state index in [1.807, 2.05) is 6.07 Å². The highest BCUT2D eigenvalue weighted by atomic mass is 79.9. The van der Waals surface area contributed by atoms with Crippen LogP contribution in [0.15, 0.2) is 21.5 Å². The molecule has 112 valence electrons. The van der Waals surface area contributed by atoms with E-state index < -0.39 is 10.0 Å². The summed E-state index contributed by atoms with van der Waals surface area (Å²) in [5.41, 5.74) is 7.06. The summed E-state index contributed by atoms with van der Waals surface area (Å²) in [6.07, 6.45) is 1.86.